The number of hydrogen-bond acceptors (Lipinski definition) is 7. The van der Waals surface area contributed by atoms with Crippen LogP contribution in [0.4, 0.5) is 5.69 Å². The molecule has 8 heteroatoms. The number of carbonyl (C=O) groups excluding carboxylic acids is 1. The Hall–Kier alpha value is -3.68. The minimum Gasteiger partial charge on any atom is -0.328 e. The molecule has 0 saturated carbocycles. The van der Waals surface area contributed by atoms with E-state index in [1.165, 1.54) is 18.6 Å². The molecule has 0 fully saturated rings. The van der Waals surface area contributed by atoms with Gasteiger partial charge in [0, 0.05) is 24.0 Å². The van der Waals surface area contributed by atoms with Gasteiger partial charge in [-0.3, -0.25) is 14.8 Å². The number of anilines is 1. The van der Waals surface area contributed by atoms with Gasteiger partial charge in [0.25, 0.3) is 0 Å². The first-order valence-corrected chi connectivity index (χ1v) is 7.06. The second kappa shape index (κ2) is 5.84. The van der Waals surface area contributed by atoms with Crippen LogP contribution < -0.4 is 5.32 Å². The first-order chi connectivity index (χ1) is 11.8. The molecule has 0 saturated heterocycles. The van der Waals surface area contributed by atoms with Crippen molar-refractivity contribution in [3.8, 4) is 11.5 Å². The molecule has 0 aliphatic carbocycles. The van der Waals surface area contributed by atoms with Crippen molar-refractivity contribution in [3.05, 3.63) is 61.0 Å². The van der Waals surface area contributed by atoms with Crippen molar-refractivity contribution >= 4 is 22.5 Å². The number of nitrogens with zero attached hydrogens (tertiary/aromatic N) is 5. The van der Waals surface area contributed by atoms with Crippen molar-refractivity contribution in [2.24, 2.45) is 0 Å². The van der Waals surface area contributed by atoms with Gasteiger partial charge in [-0.15, -0.1) is 0 Å². The minimum atomic E-state index is -0.518. The molecule has 0 radical (unpaired) electrons. The quantitative estimate of drug-likeness (QED) is 0.617. The Morgan fingerprint density at radius 3 is 2.83 bits per heavy atom. The van der Waals surface area contributed by atoms with Gasteiger partial charge in [-0.2, -0.15) is 4.98 Å². The first-order valence-electron chi connectivity index (χ1n) is 7.06. The largest absolute Gasteiger partial charge is 0.328 e. The van der Waals surface area contributed by atoms with Crippen molar-refractivity contribution in [2.45, 2.75) is 0 Å². The normalized spacial score (nSPS) is 10.7. The second-order valence-electron chi connectivity index (χ2n) is 4.85. The number of pyridine rings is 1. The highest BCUT2D eigenvalue weighted by Crippen LogP contribution is 2.21. The topological polar surface area (TPSA) is 107 Å². The van der Waals surface area contributed by atoms with E-state index in [0.29, 0.717) is 16.9 Å². The first kappa shape index (κ1) is 13.9. The van der Waals surface area contributed by atoms with E-state index in [2.05, 4.69) is 30.4 Å². The van der Waals surface area contributed by atoms with Gasteiger partial charge in [-0.05, 0) is 12.1 Å². The summed E-state index contributed by atoms with van der Waals surface area (Å²) >= 11 is 0. The molecule has 3 heterocycles. The maximum atomic E-state index is 12.3. The molecule has 4 aromatic rings. The summed E-state index contributed by atoms with van der Waals surface area (Å²) in [6.45, 7) is 0. The lowest BCUT2D eigenvalue weighted by molar-refractivity contribution is 0.0981. The predicted molar refractivity (Wildman–Crippen MR) is 85.0 cm³/mol. The van der Waals surface area contributed by atoms with Crippen LogP contribution in [0, 0.1) is 0 Å². The Bertz CT molecular complexity index is 1010. The number of carbonyl (C=O) groups is 1. The highest BCUT2D eigenvalue weighted by atomic mass is 16.5. The molecule has 1 amide bonds. The fourth-order valence-corrected chi connectivity index (χ4v) is 2.22. The number of rotatable bonds is 3. The van der Waals surface area contributed by atoms with E-state index in [4.69, 9.17) is 4.52 Å². The maximum absolute atomic E-state index is 12.3. The number of benzene rings is 1. The standard InChI is InChI=1S/C16H10N6O2/c23-15(16-21-14(22-24-16)12-9-17-7-8-18-12)20-11-5-1-3-10-4-2-6-19-13(10)11/h1-9H,(H,20,23). The third-order valence-corrected chi connectivity index (χ3v) is 3.29. The molecule has 3 aromatic heterocycles. The molecule has 8 nitrogen and oxygen atoms in total. The number of nitrogens with one attached hydrogen (secondary N) is 1. The average molecular weight is 318 g/mol. The van der Waals surface area contributed by atoms with E-state index >= 15 is 0 Å². The molecule has 0 atom stereocenters. The molecular weight excluding hydrogens is 308 g/mol. The summed E-state index contributed by atoms with van der Waals surface area (Å²) in [6, 6.07) is 9.25. The molecule has 0 spiro atoms. The monoisotopic (exact) mass is 318 g/mol. The zero-order valence-corrected chi connectivity index (χ0v) is 12.2. The minimum absolute atomic E-state index is 0.163. The van der Waals surface area contributed by atoms with Crippen molar-refractivity contribution in [3.63, 3.8) is 0 Å². The maximum Gasteiger partial charge on any atom is 0.316 e. The lowest BCUT2D eigenvalue weighted by Gasteiger charge is -2.05. The van der Waals surface area contributed by atoms with Crippen LogP contribution in [0.1, 0.15) is 10.7 Å². The zero-order chi connectivity index (χ0) is 16.4. The Labute approximate surface area is 135 Å². The zero-order valence-electron chi connectivity index (χ0n) is 12.2. The van der Waals surface area contributed by atoms with Gasteiger partial charge < -0.3 is 9.84 Å². The van der Waals surface area contributed by atoms with Crippen LogP contribution >= 0.6 is 0 Å². The fourth-order valence-electron chi connectivity index (χ4n) is 2.22. The van der Waals surface area contributed by atoms with E-state index < -0.39 is 5.91 Å². The van der Waals surface area contributed by atoms with Gasteiger partial charge in [-0.1, -0.05) is 23.4 Å². The summed E-state index contributed by atoms with van der Waals surface area (Å²) < 4.78 is 5.00. The number of amides is 1. The molecule has 0 aliphatic heterocycles. The van der Waals surface area contributed by atoms with Gasteiger partial charge >= 0.3 is 11.8 Å². The fraction of sp³-hybridized carbons (Fsp3) is 0. The summed E-state index contributed by atoms with van der Waals surface area (Å²) in [6.07, 6.45) is 6.19. The number of fused-ring (bicyclic) bond motifs is 1. The third kappa shape index (κ3) is 2.56. The molecule has 1 aromatic carbocycles. The van der Waals surface area contributed by atoms with Gasteiger partial charge in [0.1, 0.15) is 5.69 Å². The van der Waals surface area contributed by atoms with Gasteiger partial charge in [0.05, 0.1) is 17.4 Å². The molecule has 0 bridgehead atoms. The number of hydrogen-bond donors (Lipinski definition) is 1. The Balaban J connectivity index is 1.62. The van der Waals surface area contributed by atoms with Crippen LogP contribution in [0.2, 0.25) is 0 Å². The Morgan fingerprint density at radius 2 is 1.96 bits per heavy atom. The number of para-hydroxylation sites is 1. The second-order valence-corrected chi connectivity index (χ2v) is 4.85. The Morgan fingerprint density at radius 1 is 1.04 bits per heavy atom. The van der Waals surface area contributed by atoms with Gasteiger partial charge in [-0.25, -0.2) is 4.98 Å². The van der Waals surface area contributed by atoms with Crippen molar-refractivity contribution in [1.82, 2.24) is 25.1 Å². The molecule has 116 valence electrons. The SMILES string of the molecule is O=C(Nc1cccc2cccnc12)c1nc(-c2cnccn2)no1. The van der Waals surface area contributed by atoms with E-state index in [-0.39, 0.29) is 11.7 Å². The smallest absolute Gasteiger partial charge is 0.316 e. The van der Waals surface area contributed by atoms with E-state index in [1.54, 1.807) is 12.3 Å². The predicted octanol–water partition coefficient (Wildman–Crippen LogP) is 2.33. The van der Waals surface area contributed by atoms with Gasteiger partial charge in [0.15, 0.2) is 0 Å². The lowest BCUT2D eigenvalue weighted by Crippen LogP contribution is -2.12. The molecule has 0 aliphatic rings. The molecule has 4 rings (SSSR count). The van der Waals surface area contributed by atoms with Crippen molar-refractivity contribution < 1.29 is 9.32 Å². The molecule has 0 unspecified atom stereocenters. The summed E-state index contributed by atoms with van der Waals surface area (Å²) in [5.41, 5.74) is 1.67. The lowest BCUT2D eigenvalue weighted by atomic mass is 10.2. The molecule has 1 N–H and O–H groups in total. The van der Waals surface area contributed by atoms with Crippen LogP contribution in [0.25, 0.3) is 22.4 Å². The van der Waals surface area contributed by atoms with Crippen LogP contribution in [-0.2, 0) is 0 Å². The van der Waals surface area contributed by atoms with Crippen LogP contribution in [-0.4, -0.2) is 31.0 Å². The summed E-state index contributed by atoms with van der Waals surface area (Å²) in [7, 11) is 0. The van der Waals surface area contributed by atoms with Gasteiger partial charge in [0.2, 0.25) is 5.82 Å². The van der Waals surface area contributed by atoms with Crippen LogP contribution in [0.3, 0.4) is 0 Å². The average Bonchev–Trinajstić information content (AvgIpc) is 3.13. The number of aromatic nitrogens is 5. The van der Waals surface area contributed by atoms with Crippen molar-refractivity contribution in [2.75, 3.05) is 5.32 Å². The van der Waals surface area contributed by atoms with E-state index in [9.17, 15) is 4.79 Å². The van der Waals surface area contributed by atoms with E-state index in [1.807, 2.05) is 24.3 Å². The van der Waals surface area contributed by atoms with Crippen LogP contribution in [0.15, 0.2) is 59.6 Å². The van der Waals surface area contributed by atoms with Crippen LogP contribution in [0.5, 0.6) is 0 Å². The van der Waals surface area contributed by atoms with Crippen molar-refractivity contribution in [1.29, 1.82) is 0 Å². The molecular formula is C16H10N6O2. The highest BCUT2D eigenvalue weighted by molar-refractivity contribution is 6.06. The molecule has 24 heavy (non-hydrogen) atoms. The summed E-state index contributed by atoms with van der Waals surface area (Å²) in [4.78, 5) is 28.6. The highest BCUT2D eigenvalue weighted by Gasteiger charge is 2.18. The summed E-state index contributed by atoms with van der Waals surface area (Å²) in [5.74, 6) is -0.483. The van der Waals surface area contributed by atoms with E-state index in [0.717, 1.165) is 5.39 Å². The Kier molecular flexibility index (Phi) is 3.39. The summed E-state index contributed by atoms with van der Waals surface area (Å²) in [5, 5.41) is 7.40. The third-order valence-electron chi connectivity index (χ3n) is 3.29.